The summed E-state index contributed by atoms with van der Waals surface area (Å²) >= 11 is 0. The third-order valence-corrected chi connectivity index (χ3v) is 1.12. The van der Waals surface area contributed by atoms with Gasteiger partial charge < -0.3 is 10.2 Å². The first-order valence-corrected chi connectivity index (χ1v) is 2.80. The Kier molecular flexibility index (Phi) is 1.76. The van der Waals surface area contributed by atoms with Crippen molar-refractivity contribution in [1.82, 2.24) is 0 Å². The van der Waals surface area contributed by atoms with E-state index in [2.05, 4.69) is 0 Å². The van der Waals surface area contributed by atoms with E-state index in [0.29, 0.717) is 0 Å². The van der Waals surface area contributed by atoms with Crippen LogP contribution in [0.1, 0.15) is 5.56 Å². The largest absolute Gasteiger partial charge is 0.508 e. The molecule has 0 radical (unpaired) electrons. The van der Waals surface area contributed by atoms with Gasteiger partial charge in [-0.2, -0.15) is 0 Å². The van der Waals surface area contributed by atoms with Gasteiger partial charge in [-0.25, -0.2) is 4.39 Å². The summed E-state index contributed by atoms with van der Waals surface area (Å²) in [6, 6.07) is 3.68. The van der Waals surface area contributed by atoms with Gasteiger partial charge in [-0.1, -0.05) is 0 Å². The highest BCUT2D eigenvalue weighted by molar-refractivity contribution is 5.36. The standard InChI is InChI=1S/C7H7FO2/c8-4-5-1-6(9)3-7(10)2-5/h1-3,9-10H,4H2. The first-order valence-electron chi connectivity index (χ1n) is 2.80. The van der Waals surface area contributed by atoms with Gasteiger partial charge in [0.25, 0.3) is 0 Å². The Bertz CT molecular complexity index is 215. The van der Waals surface area contributed by atoms with Crippen LogP contribution in [0.15, 0.2) is 18.2 Å². The number of phenolic OH excluding ortho intramolecular Hbond substituents is 2. The summed E-state index contributed by atoms with van der Waals surface area (Å²) in [4.78, 5) is 0. The fraction of sp³-hybridized carbons (Fsp3) is 0.143. The second-order valence-corrected chi connectivity index (χ2v) is 1.99. The predicted octanol–water partition coefficient (Wildman–Crippen LogP) is 1.57. The molecule has 0 aliphatic heterocycles. The van der Waals surface area contributed by atoms with Crippen LogP contribution in [-0.4, -0.2) is 10.2 Å². The van der Waals surface area contributed by atoms with Gasteiger partial charge in [-0.05, 0) is 17.7 Å². The molecule has 1 rings (SSSR count). The fourth-order valence-corrected chi connectivity index (χ4v) is 0.734. The first kappa shape index (κ1) is 6.86. The van der Waals surface area contributed by atoms with Crippen molar-refractivity contribution in [2.75, 3.05) is 0 Å². The number of alkyl halides is 1. The quantitative estimate of drug-likeness (QED) is 0.624. The Balaban J connectivity index is 3.06. The maximum Gasteiger partial charge on any atom is 0.119 e. The molecule has 3 heteroatoms. The number of rotatable bonds is 1. The highest BCUT2D eigenvalue weighted by Gasteiger charge is 1.96. The number of halogens is 1. The zero-order valence-corrected chi connectivity index (χ0v) is 5.21. The van der Waals surface area contributed by atoms with Gasteiger partial charge in [0.2, 0.25) is 0 Å². The van der Waals surface area contributed by atoms with Crippen LogP contribution in [0.4, 0.5) is 4.39 Å². The minimum atomic E-state index is -0.679. The van der Waals surface area contributed by atoms with Crippen LogP contribution in [0.3, 0.4) is 0 Å². The maximum absolute atomic E-state index is 11.9. The molecule has 0 spiro atoms. The van der Waals surface area contributed by atoms with E-state index >= 15 is 0 Å². The number of aromatic hydroxyl groups is 2. The summed E-state index contributed by atoms with van der Waals surface area (Å²) in [5.41, 5.74) is 0.275. The summed E-state index contributed by atoms with van der Waals surface area (Å²) in [5, 5.41) is 17.6. The van der Waals surface area contributed by atoms with Gasteiger partial charge in [0.05, 0.1) is 0 Å². The molecule has 54 valence electrons. The molecular formula is C7H7FO2. The molecule has 2 nitrogen and oxygen atoms in total. The fourth-order valence-electron chi connectivity index (χ4n) is 0.734. The average molecular weight is 142 g/mol. The lowest BCUT2D eigenvalue weighted by Crippen LogP contribution is -1.76. The first-order chi connectivity index (χ1) is 4.72. The van der Waals surface area contributed by atoms with Gasteiger partial charge in [0.15, 0.2) is 0 Å². The van der Waals surface area contributed by atoms with Crippen molar-refractivity contribution in [2.45, 2.75) is 6.67 Å². The molecule has 1 aromatic carbocycles. The van der Waals surface area contributed by atoms with Crippen molar-refractivity contribution in [2.24, 2.45) is 0 Å². The third-order valence-electron chi connectivity index (χ3n) is 1.12. The highest BCUT2D eigenvalue weighted by Crippen LogP contribution is 2.20. The van der Waals surface area contributed by atoms with E-state index in [0.717, 1.165) is 6.07 Å². The molecule has 0 unspecified atom stereocenters. The van der Waals surface area contributed by atoms with E-state index in [4.69, 9.17) is 10.2 Å². The number of hydrogen-bond acceptors (Lipinski definition) is 2. The van der Waals surface area contributed by atoms with Crippen molar-refractivity contribution in [3.05, 3.63) is 23.8 Å². The molecule has 0 bridgehead atoms. The highest BCUT2D eigenvalue weighted by atomic mass is 19.1. The molecule has 0 heterocycles. The van der Waals surface area contributed by atoms with E-state index in [1.165, 1.54) is 12.1 Å². The number of hydrogen-bond donors (Lipinski definition) is 2. The number of benzene rings is 1. The molecular weight excluding hydrogens is 135 g/mol. The van der Waals surface area contributed by atoms with Gasteiger partial charge in [0, 0.05) is 6.07 Å². The summed E-state index contributed by atoms with van der Waals surface area (Å²) in [7, 11) is 0. The summed E-state index contributed by atoms with van der Waals surface area (Å²) in [5.74, 6) is -0.236. The second-order valence-electron chi connectivity index (χ2n) is 1.99. The van der Waals surface area contributed by atoms with E-state index in [-0.39, 0.29) is 17.1 Å². The summed E-state index contributed by atoms with van der Waals surface area (Å²) < 4.78 is 11.9. The zero-order chi connectivity index (χ0) is 7.56. The van der Waals surface area contributed by atoms with Crippen LogP contribution in [0.25, 0.3) is 0 Å². The van der Waals surface area contributed by atoms with Crippen molar-refractivity contribution in [3.63, 3.8) is 0 Å². The molecule has 0 saturated heterocycles. The topological polar surface area (TPSA) is 40.5 Å². The molecule has 0 fully saturated rings. The SMILES string of the molecule is Oc1cc(O)cc(CF)c1. The van der Waals surface area contributed by atoms with Gasteiger partial charge in [-0.3, -0.25) is 0 Å². The van der Waals surface area contributed by atoms with Crippen LogP contribution in [0.5, 0.6) is 11.5 Å². The number of phenols is 2. The van der Waals surface area contributed by atoms with E-state index < -0.39 is 6.67 Å². The Hall–Kier alpha value is -1.25. The molecule has 0 aliphatic carbocycles. The van der Waals surface area contributed by atoms with Gasteiger partial charge >= 0.3 is 0 Å². The Morgan fingerprint density at radius 2 is 1.60 bits per heavy atom. The minimum Gasteiger partial charge on any atom is -0.508 e. The minimum absolute atomic E-state index is 0.118. The van der Waals surface area contributed by atoms with E-state index in [9.17, 15) is 4.39 Å². The summed E-state index contributed by atoms with van der Waals surface area (Å²) in [6.45, 7) is -0.679. The van der Waals surface area contributed by atoms with Crippen molar-refractivity contribution < 1.29 is 14.6 Å². The third kappa shape index (κ3) is 1.37. The van der Waals surface area contributed by atoms with E-state index in [1.807, 2.05) is 0 Å². The lowest BCUT2D eigenvalue weighted by Gasteiger charge is -1.96. The molecule has 0 amide bonds. The maximum atomic E-state index is 11.9. The second kappa shape index (κ2) is 2.56. The Morgan fingerprint density at radius 3 is 2.00 bits per heavy atom. The molecule has 10 heavy (non-hydrogen) atoms. The lowest BCUT2D eigenvalue weighted by molar-refractivity contribution is 0.439. The molecule has 2 N–H and O–H groups in total. The monoisotopic (exact) mass is 142 g/mol. The van der Waals surface area contributed by atoms with Crippen LogP contribution in [0.2, 0.25) is 0 Å². The van der Waals surface area contributed by atoms with Crippen molar-refractivity contribution >= 4 is 0 Å². The predicted molar refractivity (Wildman–Crippen MR) is 34.6 cm³/mol. The molecule has 0 saturated carbocycles. The van der Waals surface area contributed by atoms with Crippen LogP contribution < -0.4 is 0 Å². The zero-order valence-electron chi connectivity index (χ0n) is 5.21. The van der Waals surface area contributed by atoms with Gasteiger partial charge in [-0.15, -0.1) is 0 Å². The molecule has 0 aliphatic rings. The lowest BCUT2D eigenvalue weighted by atomic mass is 10.2. The van der Waals surface area contributed by atoms with E-state index in [1.54, 1.807) is 0 Å². The van der Waals surface area contributed by atoms with Crippen LogP contribution >= 0.6 is 0 Å². The molecule has 1 aromatic rings. The Labute approximate surface area is 57.6 Å². The smallest absolute Gasteiger partial charge is 0.119 e. The average Bonchev–Trinajstić information content (AvgIpc) is 1.85. The van der Waals surface area contributed by atoms with Gasteiger partial charge in [0.1, 0.15) is 18.2 Å². The Morgan fingerprint density at radius 1 is 1.10 bits per heavy atom. The molecule has 0 aromatic heterocycles. The van der Waals surface area contributed by atoms with Crippen molar-refractivity contribution in [1.29, 1.82) is 0 Å². The van der Waals surface area contributed by atoms with Crippen LogP contribution in [0, 0.1) is 0 Å². The normalized spacial score (nSPS) is 9.70. The summed E-state index contributed by atoms with van der Waals surface area (Å²) in [6.07, 6.45) is 0. The van der Waals surface area contributed by atoms with Crippen molar-refractivity contribution in [3.8, 4) is 11.5 Å². The molecule has 0 atom stereocenters. The van der Waals surface area contributed by atoms with Crippen LogP contribution in [-0.2, 0) is 6.67 Å².